The second-order valence-electron chi connectivity index (χ2n) is 5.60. The average molecular weight is 302 g/mol. The van der Waals surface area contributed by atoms with E-state index < -0.39 is 0 Å². The van der Waals surface area contributed by atoms with Crippen LogP contribution in [-0.4, -0.2) is 34.2 Å². The van der Waals surface area contributed by atoms with Gasteiger partial charge in [-0.05, 0) is 23.8 Å². The summed E-state index contributed by atoms with van der Waals surface area (Å²) < 4.78 is 15.2. The first-order valence-electron chi connectivity index (χ1n) is 7.35. The van der Waals surface area contributed by atoms with Crippen LogP contribution in [0.1, 0.15) is 23.7 Å². The predicted octanol–water partition coefficient (Wildman–Crippen LogP) is 1.72. The summed E-state index contributed by atoms with van der Waals surface area (Å²) in [6.07, 6.45) is 2.16. The molecule has 6 heteroatoms. The first kappa shape index (κ1) is 14.7. The minimum Gasteiger partial charge on any atom is -0.359 e. The van der Waals surface area contributed by atoms with Crippen LogP contribution < -0.4 is 5.32 Å². The molecule has 5 nitrogen and oxygen atoms in total. The van der Waals surface area contributed by atoms with E-state index in [1.165, 1.54) is 6.07 Å². The number of carbonyl (C=O) groups excluding carboxylic acids is 1. The summed E-state index contributed by atoms with van der Waals surface area (Å²) in [5, 5.41) is 6.99. The van der Waals surface area contributed by atoms with E-state index in [1.807, 2.05) is 16.8 Å². The highest BCUT2D eigenvalue weighted by Gasteiger charge is 2.27. The number of nitrogens with one attached hydrogen (secondary N) is 1. The van der Waals surface area contributed by atoms with Crippen LogP contribution in [0.4, 0.5) is 4.39 Å². The second-order valence-corrected chi connectivity index (χ2v) is 5.60. The molecule has 1 aliphatic heterocycles. The highest BCUT2D eigenvalue weighted by atomic mass is 19.1. The molecule has 0 spiro atoms. The van der Waals surface area contributed by atoms with E-state index in [0.717, 1.165) is 24.3 Å². The molecule has 1 aromatic carbocycles. The number of carbonyl (C=O) groups is 1. The fourth-order valence-electron chi connectivity index (χ4n) is 2.95. The number of hydrogen-bond donors (Lipinski definition) is 1. The minimum absolute atomic E-state index is 0.000874. The van der Waals surface area contributed by atoms with Gasteiger partial charge in [-0.25, -0.2) is 4.39 Å². The van der Waals surface area contributed by atoms with Crippen molar-refractivity contribution >= 4 is 5.91 Å². The normalized spacial score (nSPS) is 18.0. The molecule has 0 aliphatic carbocycles. The molecule has 0 saturated heterocycles. The van der Waals surface area contributed by atoms with Crippen molar-refractivity contribution in [2.45, 2.75) is 25.6 Å². The SMILES string of the molecule is CNC(=O)C[C@@H]1CN(Cc2cccc(F)c2)Cc2ccnn21. The third-order valence-electron chi connectivity index (χ3n) is 3.95. The fourth-order valence-corrected chi connectivity index (χ4v) is 2.95. The summed E-state index contributed by atoms with van der Waals surface area (Å²) in [6, 6.07) is 8.62. The topological polar surface area (TPSA) is 50.2 Å². The number of fused-ring (bicyclic) bond motifs is 1. The van der Waals surface area contributed by atoms with Gasteiger partial charge in [-0.1, -0.05) is 12.1 Å². The third-order valence-corrected chi connectivity index (χ3v) is 3.95. The summed E-state index contributed by atoms with van der Waals surface area (Å²) in [5.41, 5.74) is 2.02. The van der Waals surface area contributed by atoms with Crippen molar-refractivity contribution in [2.24, 2.45) is 0 Å². The van der Waals surface area contributed by atoms with Crippen LogP contribution >= 0.6 is 0 Å². The van der Waals surface area contributed by atoms with Crippen LogP contribution in [0.5, 0.6) is 0 Å². The molecule has 0 unspecified atom stereocenters. The van der Waals surface area contributed by atoms with Crippen molar-refractivity contribution in [2.75, 3.05) is 13.6 Å². The van der Waals surface area contributed by atoms with Crippen molar-refractivity contribution in [1.29, 1.82) is 0 Å². The maximum absolute atomic E-state index is 13.3. The standard InChI is InChI=1S/C16H19FN4O/c1-18-16(22)8-15-11-20(10-14-5-6-19-21(14)15)9-12-3-2-4-13(17)7-12/h2-7,15H,8-11H2,1H3,(H,18,22)/t15-/m1/s1. The van der Waals surface area contributed by atoms with E-state index in [9.17, 15) is 9.18 Å². The predicted molar refractivity (Wildman–Crippen MR) is 80.5 cm³/mol. The van der Waals surface area contributed by atoms with Crippen molar-refractivity contribution in [3.8, 4) is 0 Å². The van der Waals surface area contributed by atoms with Gasteiger partial charge in [0.05, 0.1) is 18.2 Å². The molecule has 2 heterocycles. The second kappa shape index (κ2) is 6.27. The van der Waals surface area contributed by atoms with Crippen LogP contribution in [0.3, 0.4) is 0 Å². The maximum atomic E-state index is 13.3. The zero-order valence-corrected chi connectivity index (χ0v) is 12.5. The van der Waals surface area contributed by atoms with E-state index in [-0.39, 0.29) is 17.8 Å². The molecule has 3 rings (SSSR count). The molecule has 1 N–H and O–H groups in total. The zero-order valence-electron chi connectivity index (χ0n) is 12.5. The first-order chi connectivity index (χ1) is 10.7. The Morgan fingerprint density at radius 3 is 3.09 bits per heavy atom. The van der Waals surface area contributed by atoms with E-state index >= 15 is 0 Å². The number of halogens is 1. The van der Waals surface area contributed by atoms with Crippen LogP contribution in [-0.2, 0) is 17.9 Å². The van der Waals surface area contributed by atoms with Gasteiger partial charge in [0, 0.05) is 32.9 Å². The molecule has 1 atom stereocenters. The van der Waals surface area contributed by atoms with E-state index in [1.54, 1.807) is 25.4 Å². The maximum Gasteiger partial charge on any atom is 0.221 e. The molecule has 2 aromatic rings. The van der Waals surface area contributed by atoms with Gasteiger partial charge in [0.1, 0.15) is 5.82 Å². The first-order valence-corrected chi connectivity index (χ1v) is 7.35. The van der Waals surface area contributed by atoms with Gasteiger partial charge in [0.2, 0.25) is 5.91 Å². The number of nitrogens with zero attached hydrogens (tertiary/aromatic N) is 3. The number of aromatic nitrogens is 2. The largest absolute Gasteiger partial charge is 0.359 e. The molecule has 116 valence electrons. The Morgan fingerprint density at radius 1 is 1.45 bits per heavy atom. The molecule has 0 radical (unpaired) electrons. The lowest BCUT2D eigenvalue weighted by Crippen LogP contribution is -2.39. The summed E-state index contributed by atoms with van der Waals surface area (Å²) >= 11 is 0. The minimum atomic E-state index is -0.221. The summed E-state index contributed by atoms with van der Waals surface area (Å²) in [6.45, 7) is 2.13. The summed E-state index contributed by atoms with van der Waals surface area (Å²) in [5.74, 6) is -0.222. The lowest BCUT2D eigenvalue weighted by atomic mass is 10.1. The molecule has 0 saturated carbocycles. The highest BCUT2D eigenvalue weighted by Crippen LogP contribution is 2.24. The lowest BCUT2D eigenvalue weighted by Gasteiger charge is -2.33. The van der Waals surface area contributed by atoms with Crippen LogP contribution in [0.2, 0.25) is 0 Å². The number of rotatable bonds is 4. The van der Waals surface area contributed by atoms with Crippen molar-refractivity contribution in [1.82, 2.24) is 20.0 Å². The van der Waals surface area contributed by atoms with Gasteiger partial charge < -0.3 is 5.32 Å². The smallest absolute Gasteiger partial charge is 0.221 e. The molecule has 22 heavy (non-hydrogen) atoms. The zero-order chi connectivity index (χ0) is 15.5. The quantitative estimate of drug-likeness (QED) is 0.935. The number of amides is 1. The molecular formula is C16H19FN4O. The molecule has 1 amide bonds. The summed E-state index contributed by atoms with van der Waals surface area (Å²) in [7, 11) is 1.64. The Labute approximate surface area is 128 Å². The Kier molecular flexibility index (Phi) is 4.20. The van der Waals surface area contributed by atoms with Gasteiger partial charge in [0.25, 0.3) is 0 Å². The van der Waals surface area contributed by atoms with Crippen LogP contribution in [0.15, 0.2) is 36.5 Å². The van der Waals surface area contributed by atoms with Gasteiger partial charge in [-0.3, -0.25) is 14.4 Å². The molecular weight excluding hydrogens is 283 g/mol. The monoisotopic (exact) mass is 302 g/mol. The van der Waals surface area contributed by atoms with Gasteiger partial charge in [0.15, 0.2) is 0 Å². The Hall–Kier alpha value is -2.21. The molecule has 0 bridgehead atoms. The number of hydrogen-bond acceptors (Lipinski definition) is 3. The summed E-state index contributed by atoms with van der Waals surface area (Å²) in [4.78, 5) is 13.9. The van der Waals surface area contributed by atoms with Gasteiger partial charge in [-0.15, -0.1) is 0 Å². The highest BCUT2D eigenvalue weighted by molar-refractivity contribution is 5.76. The van der Waals surface area contributed by atoms with Crippen molar-refractivity contribution in [3.05, 3.63) is 53.6 Å². The Morgan fingerprint density at radius 2 is 2.32 bits per heavy atom. The lowest BCUT2D eigenvalue weighted by molar-refractivity contribution is -0.121. The number of benzene rings is 1. The third kappa shape index (κ3) is 3.17. The Balaban J connectivity index is 1.76. The van der Waals surface area contributed by atoms with E-state index in [4.69, 9.17) is 0 Å². The van der Waals surface area contributed by atoms with Gasteiger partial charge >= 0.3 is 0 Å². The Bertz CT molecular complexity index is 670. The molecule has 0 fully saturated rings. The van der Waals surface area contributed by atoms with Crippen molar-refractivity contribution < 1.29 is 9.18 Å². The molecule has 1 aliphatic rings. The van der Waals surface area contributed by atoms with Gasteiger partial charge in [-0.2, -0.15) is 5.10 Å². The fraction of sp³-hybridized carbons (Fsp3) is 0.375. The van der Waals surface area contributed by atoms with E-state index in [0.29, 0.717) is 13.0 Å². The van der Waals surface area contributed by atoms with Crippen LogP contribution in [0, 0.1) is 5.82 Å². The van der Waals surface area contributed by atoms with Crippen molar-refractivity contribution in [3.63, 3.8) is 0 Å². The average Bonchev–Trinajstić information content (AvgIpc) is 2.95. The molecule has 1 aromatic heterocycles. The van der Waals surface area contributed by atoms with E-state index in [2.05, 4.69) is 15.3 Å². The van der Waals surface area contributed by atoms with Crippen LogP contribution in [0.25, 0.3) is 0 Å².